The Balaban J connectivity index is 1.88. The number of carboxylic acids is 1. The van der Waals surface area contributed by atoms with E-state index >= 15 is 0 Å². The van der Waals surface area contributed by atoms with Crippen molar-refractivity contribution in [3.8, 4) is 0 Å². The van der Waals surface area contributed by atoms with Gasteiger partial charge in [-0.2, -0.15) is 0 Å². The zero-order valence-corrected chi connectivity index (χ0v) is 11.1. The SMILES string of the molecule is O=C(O)C1CN(C(=O)NC2CCS(=O)(=O)C2)CCO1. The zero-order valence-electron chi connectivity index (χ0n) is 10.2. The van der Waals surface area contributed by atoms with Crippen LogP contribution in [-0.2, 0) is 19.4 Å². The van der Waals surface area contributed by atoms with Crippen LogP contribution >= 0.6 is 0 Å². The molecule has 0 aromatic heterocycles. The van der Waals surface area contributed by atoms with E-state index in [0.29, 0.717) is 13.0 Å². The minimum Gasteiger partial charge on any atom is -0.479 e. The number of carbonyl (C=O) groups is 2. The average molecular weight is 292 g/mol. The van der Waals surface area contributed by atoms with Crippen molar-refractivity contribution in [2.75, 3.05) is 31.2 Å². The van der Waals surface area contributed by atoms with Crippen LogP contribution in [0.3, 0.4) is 0 Å². The number of hydrogen-bond donors (Lipinski definition) is 2. The van der Waals surface area contributed by atoms with Crippen LogP contribution in [0.2, 0.25) is 0 Å². The van der Waals surface area contributed by atoms with Gasteiger partial charge in [-0.1, -0.05) is 0 Å². The second-order valence-corrected chi connectivity index (χ2v) is 6.92. The standard InChI is InChI=1S/C10H16N2O6S/c13-9(14)8-5-12(2-3-18-8)10(15)11-7-1-4-19(16,17)6-7/h7-8H,1-6H2,(H,11,15)(H,13,14). The molecule has 0 saturated carbocycles. The van der Waals surface area contributed by atoms with E-state index < -0.39 is 27.9 Å². The number of hydrogen-bond acceptors (Lipinski definition) is 5. The molecular formula is C10H16N2O6S. The van der Waals surface area contributed by atoms with Crippen LogP contribution in [0.25, 0.3) is 0 Å². The molecule has 9 heteroatoms. The third-order valence-electron chi connectivity index (χ3n) is 3.19. The Labute approximate surface area is 110 Å². The molecule has 2 N–H and O–H groups in total. The van der Waals surface area contributed by atoms with Crippen molar-refractivity contribution in [1.82, 2.24) is 10.2 Å². The number of sulfone groups is 1. The molecule has 0 bridgehead atoms. The van der Waals surface area contributed by atoms with Crippen LogP contribution in [0.4, 0.5) is 4.79 Å². The van der Waals surface area contributed by atoms with Crippen LogP contribution < -0.4 is 5.32 Å². The molecule has 0 aromatic rings. The number of nitrogens with zero attached hydrogens (tertiary/aromatic N) is 1. The Morgan fingerprint density at radius 1 is 1.37 bits per heavy atom. The van der Waals surface area contributed by atoms with Gasteiger partial charge in [0.05, 0.1) is 24.7 Å². The van der Waals surface area contributed by atoms with Gasteiger partial charge in [-0.25, -0.2) is 18.0 Å². The van der Waals surface area contributed by atoms with Gasteiger partial charge in [-0.05, 0) is 6.42 Å². The highest BCUT2D eigenvalue weighted by atomic mass is 32.2. The lowest BCUT2D eigenvalue weighted by atomic mass is 10.2. The summed E-state index contributed by atoms with van der Waals surface area (Å²) < 4.78 is 27.6. The van der Waals surface area contributed by atoms with Crippen molar-refractivity contribution >= 4 is 21.8 Å². The Morgan fingerprint density at radius 2 is 2.11 bits per heavy atom. The maximum absolute atomic E-state index is 11.9. The van der Waals surface area contributed by atoms with E-state index in [2.05, 4.69) is 5.32 Å². The number of nitrogens with one attached hydrogen (secondary N) is 1. The highest BCUT2D eigenvalue weighted by Crippen LogP contribution is 2.12. The second-order valence-electron chi connectivity index (χ2n) is 4.69. The fourth-order valence-corrected chi connectivity index (χ4v) is 3.83. The average Bonchev–Trinajstić information content (AvgIpc) is 2.68. The first kappa shape index (κ1) is 14.1. The van der Waals surface area contributed by atoms with Gasteiger partial charge in [0.2, 0.25) is 0 Å². The summed E-state index contributed by atoms with van der Waals surface area (Å²) in [6, 6.07) is -0.819. The van der Waals surface area contributed by atoms with E-state index in [1.165, 1.54) is 4.90 Å². The minimum absolute atomic E-state index is 0.0271. The van der Waals surface area contributed by atoms with Crippen molar-refractivity contribution in [3.05, 3.63) is 0 Å². The zero-order chi connectivity index (χ0) is 14.0. The van der Waals surface area contributed by atoms with Gasteiger partial charge in [0.15, 0.2) is 15.9 Å². The molecule has 2 amide bonds. The molecule has 2 atom stereocenters. The number of carbonyl (C=O) groups excluding carboxylic acids is 1. The predicted molar refractivity (Wildman–Crippen MR) is 64.5 cm³/mol. The van der Waals surface area contributed by atoms with Crippen molar-refractivity contribution in [3.63, 3.8) is 0 Å². The summed E-state index contributed by atoms with van der Waals surface area (Å²) in [5.41, 5.74) is 0. The second kappa shape index (κ2) is 5.33. The number of rotatable bonds is 2. The Hall–Kier alpha value is -1.35. The van der Waals surface area contributed by atoms with Crippen molar-refractivity contribution < 1.29 is 27.9 Å². The van der Waals surface area contributed by atoms with Crippen LogP contribution in [0.15, 0.2) is 0 Å². The van der Waals surface area contributed by atoms with Gasteiger partial charge in [0, 0.05) is 12.6 Å². The summed E-state index contributed by atoms with van der Waals surface area (Å²) in [7, 11) is -3.05. The number of carboxylic acid groups (broad SMARTS) is 1. The summed E-state index contributed by atoms with van der Waals surface area (Å²) in [5.74, 6) is -1.08. The lowest BCUT2D eigenvalue weighted by Crippen LogP contribution is -2.53. The maximum Gasteiger partial charge on any atom is 0.334 e. The number of morpholine rings is 1. The molecule has 0 spiro atoms. The molecule has 2 saturated heterocycles. The van der Waals surface area contributed by atoms with E-state index in [1.807, 2.05) is 0 Å². The minimum atomic E-state index is -3.05. The van der Waals surface area contributed by atoms with Gasteiger partial charge in [-0.3, -0.25) is 0 Å². The van der Waals surface area contributed by atoms with Gasteiger partial charge in [-0.15, -0.1) is 0 Å². The molecule has 2 heterocycles. The molecule has 2 aliphatic heterocycles. The van der Waals surface area contributed by atoms with E-state index in [0.717, 1.165) is 0 Å². The monoisotopic (exact) mass is 292 g/mol. The topological polar surface area (TPSA) is 113 Å². The van der Waals surface area contributed by atoms with Crippen LogP contribution in [0.5, 0.6) is 0 Å². The van der Waals surface area contributed by atoms with Crippen molar-refractivity contribution in [1.29, 1.82) is 0 Å². The molecular weight excluding hydrogens is 276 g/mol. The fraction of sp³-hybridized carbons (Fsp3) is 0.800. The highest BCUT2D eigenvalue weighted by Gasteiger charge is 2.33. The largest absolute Gasteiger partial charge is 0.479 e. The summed E-state index contributed by atoms with van der Waals surface area (Å²) >= 11 is 0. The number of ether oxygens (including phenoxy) is 1. The molecule has 0 aromatic carbocycles. The van der Waals surface area contributed by atoms with E-state index in [1.54, 1.807) is 0 Å². The molecule has 0 radical (unpaired) electrons. The first-order valence-corrected chi connectivity index (χ1v) is 7.80. The lowest BCUT2D eigenvalue weighted by Gasteiger charge is -2.31. The van der Waals surface area contributed by atoms with E-state index in [9.17, 15) is 18.0 Å². The lowest BCUT2D eigenvalue weighted by molar-refractivity contribution is -0.154. The van der Waals surface area contributed by atoms with Gasteiger partial charge < -0.3 is 20.1 Å². The van der Waals surface area contributed by atoms with E-state index in [4.69, 9.17) is 9.84 Å². The van der Waals surface area contributed by atoms with Crippen LogP contribution in [0, 0.1) is 0 Å². The molecule has 2 aliphatic rings. The molecule has 2 unspecified atom stereocenters. The fourth-order valence-electron chi connectivity index (χ4n) is 2.16. The predicted octanol–water partition coefficient (Wildman–Crippen LogP) is -1.33. The van der Waals surface area contributed by atoms with Crippen LogP contribution in [0.1, 0.15) is 6.42 Å². The number of aliphatic carboxylic acids is 1. The number of urea groups is 1. The molecule has 8 nitrogen and oxygen atoms in total. The molecule has 2 fully saturated rings. The maximum atomic E-state index is 11.9. The van der Waals surface area contributed by atoms with Crippen molar-refractivity contribution in [2.45, 2.75) is 18.6 Å². The highest BCUT2D eigenvalue weighted by molar-refractivity contribution is 7.91. The summed E-state index contributed by atoms with van der Waals surface area (Å²) in [6.07, 6.45) is -0.618. The quantitative estimate of drug-likeness (QED) is 0.652. The van der Waals surface area contributed by atoms with Crippen molar-refractivity contribution in [2.24, 2.45) is 0 Å². The molecule has 19 heavy (non-hydrogen) atoms. The third-order valence-corrected chi connectivity index (χ3v) is 4.96. The van der Waals surface area contributed by atoms with Gasteiger partial charge in [0.1, 0.15) is 0 Å². The number of amides is 2. The normalized spacial score (nSPS) is 30.0. The Kier molecular flexibility index (Phi) is 3.95. The van der Waals surface area contributed by atoms with Crippen LogP contribution in [-0.4, -0.2) is 73.8 Å². The molecule has 2 rings (SSSR count). The summed E-state index contributed by atoms with van der Waals surface area (Å²) in [6.45, 7) is 0.434. The Morgan fingerprint density at radius 3 is 2.68 bits per heavy atom. The van der Waals surface area contributed by atoms with Gasteiger partial charge in [0.25, 0.3) is 0 Å². The van der Waals surface area contributed by atoms with E-state index in [-0.39, 0.29) is 30.7 Å². The molecule has 0 aliphatic carbocycles. The first-order valence-electron chi connectivity index (χ1n) is 5.98. The van der Waals surface area contributed by atoms with Gasteiger partial charge >= 0.3 is 12.0 Å². The third kappa shape index (κ3) is 3.57. The summed E-state index contributed by atoms with van der Waals surface area (Å²) in [4.78, 5) is 24.0. The molecule has 108 valence electrons. The first-order chi connectivity index (χ1) is 8.87. The summed E-state index contributed by atoms with van der Waals surface area (Å²) in [5, 5.41) is 11.5. The smallest absolute Gasteiger partial charge is 0.334 e. The Bertz CT molecular complexity index is 476.